The molecule has 0 saturated carbocycles. The Bertz CT molecular complexity index is 766. The summed E-state index contributed by atoms with van der Waals surface area (Å²) < 4.78 is 7.25. The number of aryl methyl sites for hydroxylation is 2. The summed E-state index contributed by atoms with van der Waals surface area (Å²) in [5, 5.41) is 7.32. The lowest BCUT2D eigenvalue weighted by Gasteiger charge is -2.12. The van der Waals surface area contributed by atoms with Crippen LogP contribution < -0.4 is 10.2 Å². The van der Waals surface area contributed by atoms with Gasteiger partial charge in [-0.05, 0) is 55.7 Å². The first-order valence-corrected chi connectivity index (χ1v) is 8.55. The zero-order valence-corrected chi connectivity index (χ0v) is 15.5. The minimum Gasteiger partial charge on any atom is -0.409 e. The van der Waals surface area contributed by atoms with Gasteiger partial charge in [0.2, 0.25) is 5.89 Å². The molecule has 7 heteroatoms. The lowest BCUT2D eigenvalue weighted by atomic mass is 10.1. The van der Waals surface area contributed by atoms with Crippen molar-refractivity contribution < 1.29 is 14.1 Å². The molecule has 1 heterocycles. The lowest BCUT2D eigenvalue weighted by molar-refractivity contribution is -0.895. The lowest BCUT2D eigenvalue weighted by Crippen LogP contribution is -3.09. The molecule has 1 amide bonds. The Morgan fingerprint density at radius 3 is 2.79 bits per heavy atom. The fourth-order valence-corrected chi connectivity index (χ4v) is 2.49. The smallest absolute Gasteiger partial charge is 0.292 e. The number of carbonyl (C=O) groups is 1. The van der Waals surface area contributed by atoms with Crippen LogP contribution in [0.15, 0.2) is 22.6 Å². The molecule has 1 aromatic heterocycles. The van der Waals surface area contributed by atoms with E-state index in [2.05, 4.69) is 24.3 Å². The Kier molecular flexibility index (Phi) is 6.28. The number of likely N-dealkylation sites (N-methyl/N-ethyl adjacent to an activating group) is 1. The van der Waals surface area contributed by atoms with Gasteiger partial charge in [-0.1, -0.05) is 13.0 Å². The van der Waals surface area contributed by atoms with Crippen LogP contribution in [0.25, 0.3) is 11.5 Å². The summed E-state index contributed by atoms with van der Waals surface area (Å²) in [5.41, 5.74) is 3.30. The topological polar surface area (TPSA) is 64.5 Å². The van der Waals surface area contributed by atoms with E-state index in [1.54, 1.807) is 4.68 Å². The normalized spacial score (nSPS) is 12.2. The molecule has 6 nitrogen and oxygen atoms in total. The van der Waals surface area contributed by atoms with Crippen molar-refractivity contribution in [1.82, 2.24) is 15.1 Å². The number of quaternary nitrogens is 1. The second-order valence-electron chi connectivity index (χ2n) is 6.11. The van der Waals surface area contributed by atoms with Gasteiger partial charge in [0.25, 0.3) is 10.7 Å². The maximum Gasteiger partial charge on any atom is 0.292 e. The molecule has 0 spiro atoms. The van der Waals surface area contributed by atoms with Crippen LogP contribution >= 0.6 is 12.2 Å². The van der Waals surface area contributed by atoms with E-state index in [0.717, 1.165) is 16.9 Å². The van der Waals surface area contributed by atoms with Crippen molar-refractivity contribution in [3.05, 3.63) is 34.2 Å². The molecular formula is C17H25N4O2S+. The molecule has 0 saturated heterocycles. The average molecular weight is 349 g/mol. The van der Waals surface area contributed by atoms with E-state index >= 15 is 0 Å². The maximum atomic E-state index is 11.8. The molecule has 24 heavy (non-hydrogen) atoms. The summed E-state index contributed by atoms with van der Waals surface area (Å²) in [6.07, 6.45) is 0.929. The minimum absolute atomic E-state index is 0.0266. The number of carbonyl (C=O) groups excluding carboxylic acids is 1. The Labute approximate surface area is 147 Å². The molecule has 0 aliphatic carbocycles. The number of nitrogens with one attached hydrogen (secondary N) is 2. The van der Waals surface area contributed by atoms with Crippen LogP contribution in [0.3, 0.4) is 0 Å². The van der Waals surface area contributed by atoms with E-state index in [0.29, 0.717) is 30.5 Å². The molecule has 1 atom stereocenters. The van der Waals surface area contributed by atoms with Gasteiger partial charge in [-0.3, -0.25) is 4.79 Å². The highest BCUT2D eigenvalue weighted by atomic mass is 32.1. The Hall–Kier alpha value is -1.99. The van der Waals surface area contributed by atoms with E-state index in [1.165, 1.54) is 11.1 Å². The zero-order valence-electron chi connectivity index (χ0n) is 14.7. The molecule has 0 aliphatic heterocycles. The van der Waals surface area contributed by atoms with Crippen molar-refractivity contribution in [3.63, 3.8) is 0 Å². The standard InChI is InChI=1S/C17H24N4O2S/c1-5-8-18-15(22)10-20(4)11-21-17(24)23-16(19-21)14-7-6-12(2)13(3)9-14/h6-7,9H,5,8,10-11H2,1-4H3,(H,18,22)/p+1. The van der Waals surface area contributed by atoms with Gasteiger partial charge in [-0.25, -0.2) is 0 Å². The third-order valence-electron chi connectivity index (χ3n) is 3.81. The van der Waals surface area contributed by atoms with E-state index in [4.69, 9.17) is 16.6 Å². The molecule has 2 rings (SSSR count). The summed E-state index contributed by atoms with van der Waals surface area (Å²) in [6.45, 7) is 7.69. The van der Waals surface area contributed by atoms with Crippen molar-refractivity contribution >= 4 is 18.1 Å². The predicted molar refractivity (Wildman–Crippen MR) is 95.3 cm³/mol. The van der Waals surface area contributed by atoms with Crippen LogP contribution in [0.2, 0.25) is 0 Å². The van der Waals surface area contributed by atoms with Crippen LogP contribution in [0.1, 0.15) is 24.5 Å². The van der Waals surface area contributed by atoms with Gasteiger partial charge in [0.15, 0.2) is 13.2 Å². The molecule has 0 fully saturated rings. The number of nitrogens with zero attached hydrogens (tertiary/aromatic N) is 2. The first-order valence-electron chi connectivity index (χ1n) is 8.14. The molecule has 0 radical (unpaired) electrons. The first-order chi connectivity index (χ1) is 11.4. The van der Waals surface area contributed by atoms with E-state index in [-0.39, 0.29) is 5.91 Å². The third kappa shape index (κ3) is 4.75. The molecule has 2 aromatic rings. The van der Waals surface area contributed by atoms with Gasteiger partial charge in [-0.2, -0.15) is 4.68 Å². The molecule has 0 bridgehead atoms. The van der Waals surface area contributed by atoms with Crippen LogP contribution in [0, 0.1) is 18.7 Å². The van der Waals surface area contributed by atoms with Crippen molar-refractivity contribution in [2.24, 2.45) is 0 Å². The fourth-order valence-electron chi connectivity index (χ4n) is 2.31. The van der Waals surface area contributed by atoms with E-state index in [9.17, 15) is 4.79 Å². The van der Waals surface area contributed by atoms with Crippen molar-refractivity contribution in [2.45, 2.75) is 33.9 Å². The summed E-state index contributed by atoms with van der Waals surface area (Å²) >= 11 is 5.25. The van der Waals surface area contributed by atoms with E-state index < -0.39 is 0 Å². The quantitative estimate of drug-likeness (QED) is 0.744. The maximum absolute atomic E-state index is 11.8. The second kappa shape index (κ2) is 8.21. The van der Waals surface area contributed by atoms with Gasteiger partial charge in [0.05, 0.1) is 7.05 Å². The highest BCUT2D eigenvalue weighted by Crippen LogP contribution is 2.20. The largest absolute Gasteiger partial charge is 0.409 e. The van der Waals surface area contributed by atoms with Crippen molar-refractivity contribution in [2.75, 3.05) is 20.1 Å². The van der Waals surface area contributed by atoms with Gasteiger partial charge >= 0.3 is 0 Å². The Morgan fingerprint density at radius 2 is 2.12 bits per heavy atom. The molecule has 1 unspecified atom stereocenters. The van der Waals surface area contributed by atoms with Crippen LogP contribution in [0.5, 0.6) is 0 Å². The average Bonchev–Trinajstić information content (AvgIpc) is 2.88. The zero-order chi connectivity index (χ0) is 17.7. The van der Waals surface area contributed by atoms with Crippen LogP contribution in [-0.2, 0) is 11.5 Å². The second-order valence-corrected chi connectivity index (χ2v) is 6.46. The van der Waals surface area contributed by atoms with E-state index in [1.807, 2.05) is 32.2 Å². The first kappa shape index (κ1) is 18.4. The monoisotopic (exact) mass is 349 g/mol. The molecule has 0 aliphatic rings. The van der Waals surface area contributed by atoms with Gasteiger partial charge in [-0.15, -0.1) is 5.10 Å². The summed E-state index contributed by atoms with van der Waals surface area (Å²) in [6, 6.07) is 6.05. The minimum atomic E-state index is 0.0266. The van der Waals surface area contributed by atoms with Crippen molar-refractivity contribution in [3.8, 4) is 11.5 Å². The summed E-state index contributed by atoms with van der Waals surface area (Å²) in [7, 11) is 1.93. The SMILES string of the molecule is CCCNC(=O)C[NH+](C)Cn1nc(-c2ccc(C)c(C)c2)oc1=S. The number of hydrogen-bond donors (Lipinski definition) is 2. The highest BCUT2D eigenvalue weighted by Gasteiger charge is 2.14. The molecule has 130 valence electrons. The Morgan fingerprint density at radius 1 is 1.38 bits per heavy atom. The number of benzene rings is 1. The van der Waals surface area contributed by atoms with Crippen LogP contribution in [-0.4, -0.2) is 35.8 Å². The van der Waals surface area contributed by atoms with Gasteiger partial charge in [0, 0.05) is 12.1 Å². The number of amides is 1. The predicted octanol–water partition coefficient (Wildman–Crippen LogP) is 1.49. The number of aromatic nitrogens is 2. The van der Waals surface area contributed by atoms with Crippen LogP contribution in [0.4, 0.5) is 0 Å². The van der Waals surface area contributed by atoms with Gasteiger partial charge in [0.1, 0.15) is 0 Å². The molecule has 1 aromatic carbocycles. The third-order valence-corrected chi connectivity index (χ3v) is 4.11. The Balaban J connectivity index is 2.07. The highest BCUT2D eigenvalue weighted by molar-refractivity contribution is 7.71. The molecular weight excluding hydrogens is 324 g/mol. The van der Waals surface area contributed by atoms with Gasteiger partial charge < -0.3 is 14.6 Å². The number of rotatable bonds is 7. The fraction of sp³-hybridized carbons (Fsp3) is 0.471. The summed E-state index contributed by atoms with van der Waals surface area (Å²) in [4.78, 5) is 13.1. The molecule has 2 N–H and O–H groups in total. The summed E-state index contributed by atoms with van der Waals surface area (Å²) in [5.74, 6) is 0.532. The van der Waals surface area contributed by atoms with Crippen molar-refractivity contribution in [1.29, 1.82) is 0 Å². The number of hydrogen-bond acceptors (Lipinski definition) is 4.